The topological polar surface area (TPSA) is 37.8 Å². The molecule has 100 valence electrons. The number of rotatable bonds is 2. The molecule has 1 aromatic carbocycles. The van der Waals surface area contributed by atoms with Crippen LogP contribution in [-0.2, 0) is 6.18 Å². The third-order valence-corrected chi connectivity index (χ3v) is 2.42. The smallest absolute Gasteiger partial charge is 0.324 e. The summed E-state index contributed by atoms with van der Waals surface area (Å²) in [5.74, 6) is -0.0696. The average molecular weight is 267 g/mol. The number of nitrogens with one attached hydrogen (secondary N) is 1. The highest BCUT2D eigenvalue weighted by molar-refractivity contribution is 5.55. The van der Waals surface area contributed by atoms with Gasteiger partial charge in [-0.3, -0.25) is 0 Å². The molecule has 0 aliphatic carbocycles. The van der Waals surface area contributed by atoms with Crippen LogP contribution in [0.4, 0.5) is 24.8 Å². The van der Waals surface area contributed by atoms with E-state index in [0.29, 0.717) is 5.69 Å². The molecular weight excluding hydrogens is 255 g/mol. The zero-order valence-electron chi connectivity index (χ0n) is 10.4. The minimum Gasteiger partial charge on any atom is -0.324 e. The lowest BCUT2D eigenvalue weighted by molar-refractivity contribution is -0.141. The first kappa shape index (κ1) is 13.3. The first-order chi connectivity index (χ1) is 8.84. The Morgan fingerprint density at radius 1 is 1.05 bits per heavy atom. The van der Waals surface area contributed by atoms with Crippen molar-refractivity contribution in [1.82, 2.24) is 9.97 Å². The zero-order chi connectivity index (χ0) is 14.0. The summed E-state index contributed by atoms with van der Waals surface area (Å²) in [5.41, 5.74) is 1.72. The van der Waals surface area contributed by atoms with Gasteiger partial charge in [-0.1, -0.05) is 6.07 Å². The van der Waals surface area contributed by atoms with E-state index < -0.39 is 11.9 Å². The van der Waals surface area contributed by atoms with Gasteiger partial charge >= 0.3 is 6.18 Å². The molecule has 1 heterocycles. The Morgan fingerprint density at radius 3 is 2.26 bits per heavy atom. The summed E-state index contributed by atoms with van der Waals surface area (Å²) in [6.07, 6.45) is -3.39. The van der Waals surface area contributed by atoms with Gasteiger partial charge in [0.25, 0.3) is 0 Å². The van der Waals surface area contributed by atoms with E-state index in [2.05, 4.69) is 15.3 Å². The Hall–Kier alpha value is -2.11. The molecule has 19 heavy (non-hydrogen) atoms. The van der Waals surface area contributed by atoms with E-state index in [4.69, 9.17) is 0 Å². The number of aryl methyl sites for hydroxylation is 2. The normalized spacial score (nSPS) is 11.4. The lowest BCUT2D eigenvalue weighted by Crippen LogP contribution is -2.10. The van der Waals surface area contributed by atoms with E-state index >= 15 is 0 Å². The van der Waals surface area contributed by atoms with Crippen LogP contribution in [0.3, 0.4) is 0 Å². The molecule has 0 aliphatic heterocycles. The number of halogens is 3. The lowest BCUT2D eigenvalue weighted by Gasteiger charge is -2.09. The van der Waals surface area contributed by atoms with Gasteiger partial charge < -0.3 is 5.32 Å². The molecule has 0 amide bonds. The van der Waals surface area contributed by atoms with E-state index in [1.165, 1.54) is 0 Å². The van der Waals surface area contributed by atoms with Crippen molar-refractivity contribution in [2.45, 2.75) is 20.0 Å². The third kappa shape index (κ3) is 3.43. The number of hydrogen-bond donors (Lipinski definition) is 1. The highest BCUT2D eigenvalue weighted by Crippen LogP contribution is 2.28. The molecule has 0 atom stereocenters. The predicted molar refractivity (Wildman–Crippen MR) is 66.2 cm³/mol. The fourth-order valence-electron chi connectivity index (χ4n) is 1.75. The quantitative estimate of drug-likeness (QED) is 0.897. The Balaban J connectivity index is 2.28. The Kier molecular flexibility index (Phi) is 3.42. The van der Waals surface area contributed by atoms with Gasteiger partial charge in [-0.05, 0) is 43.2 Å². The minimum absolute atomic E-state index is 0.0696. The summed E-state index contributed by atoms with van der Waals surface area (Å²) in [7, 11) is 0. The fourth-order valence-corrected chi connectivity index (χ4v) is 1.75. The Labute approximate surface area is 108 Å². The summed E-state index contributed by atoms with van der Waals surface area (Å²) in [6, 6.07) is 6.44. The molecule has 0 fully saturated rings. The highest BCUT2D eigenvalue weighted by Gasteiger charge is 2.32. The van der Waals surface area contributed by atoms with Crippen molar-refractivity contribution in [2.24, 2.45) is 0 Å². The second-order valence-corrected chi connectivity index (χ2v) is 4.26. The van der Waals surface area contributed by atoms with Crippen molar-refractivity contribution < 1.29 is 13.2 Å². The largest absolute Gasteiger partial charge is 0.433 e. The maximum atomic E-state index is 12.5. The number of benzene rings is 1. The second-order valence-electron chi connectivity index (χ2n) is 4.26. The van der Waals surface area contributed by atoms with Gasteiger partial charge in [0.1, 0.15) is 5.69 Å². The molecule has 6 heteroatoms. The van der Waals surface area contributed by atoms with Crippen molar-refractivity contribution in [3.63, 3.8) is 0 Å². The molecule has 0 saturated heterocycles. The summed E-state index contributed by atoms with van der Waals surface area (Å²) in [5, 5.41) is 2.78. The van der Waals surface area contributed by atoms with Crippen LogP contribution in [0.5, 0.6) is 0 Å². The van der Waals surface area contributed by atoms with Gasteiger partial charge in [0.2, 0.25) is 5.95 Å². The van der Waals surface area contributed by atoms with Crippen molar-refractivity contribution in [1.29, 1.82) is 0 Å². The molecule has 0 bridgehead atoms. The Bertz CT molecular complexity index is 574. The molecule has 0 saturated carbocycles. The monoisotopic (exact) mass is 267 g/mol. The summed E-state index contributed by atoms with van der Waals surface area (Å²) >= 11 is 0. The van der Waals surface area contributed by atoms with Crippen molar-refractivity contribution >= 4 is 11.6 Å². The maximum Gasteiger partial charge on any atom is 0.433 e. The van der Waals surface area contributed by atoms with Crippen LogP contribution in [0.2, 0.25) is 0 Å². The zero-order valence-corrected chi connectivity index (χ0v) is 10.4. The van der Waals surface area contributed by atoms with Crippen LogP contribution in [0.25, 0.3) is 0 Å². The highest BCUT2D eigenvalue weighted by atomic mass is 19.4. The van der Waals surface area contributed by atoms with Gasteiger partial charge in [0.05, 0.1) is 0 Å². The summed E-state index contributed by atoms with van der Waals surface area (Å²) < 4.78 is 37.6. The van der Waals surface area contributed by atoms with E-state index in [0.717, 1.165) is 23.4 Å². The molecular formula is C13H12F3N3. The Morgan fingerprint density at radius 2 is 1.68 bits per heavy atom. The van der Waals surface area contributed by atoms with Crippen molar-refractivity contribution in [3.05, 3.63) is 47.3 Å². The van der Waals surface area contributed by atoms with Crippen LogP contribution in [0.15, 0.2) is 30.5 Å². The van der Waals surface area contributed by atoms with Crippen molar-refractivity contribution in [3.8, 4) is 0 Å². The van der Waals surface area contributed by atoms with Crippen LogP contribution in [0, 0.1) is 13.8 Å². The molecule has 0 aliphatic rings. The van der Waals surface area contributed by atoms with Crippen LogP contribution in [-0.4, -0.2) is 9.97 Å². The molecule has 0 unspecified atom stereocenters. The third-order valence-electron chi connectivity index (χ3n) is 2.42. The number of anilines is 2. The molecule has 2 rings (SSSR count). The van der Waals surface area contributed by atoms with E-state index in [9.17, 15) is 13.2 Å². The van der Waals surface area contributed by atoms with E-state index in [1.54, 1.807) is 0 Å². The van der Waals surface area contributed by atoms with Gasteiger partial charge in [0.15, 0.2) is 0 Å². The summed E-state index contributed by atoms with van der Waals surface area (Å²) in [4.78, 5) is 7.24. The fraction of sp³-hybridized carbons (Fsp3) is 0.231. The maximum absolute atomic E-state index is 12.5. The average Bonchev–Trinajstić information content (AvgIpc) is 2.26. The van der Waals surface area contributed by atoms with Crippen molar-refractivity contribution in [2.75, 3.05) is 5.32 Å². The van der Waals surface area contributed by atoms with Crippen LogP contribution in [0.1, 0.15) is 16.8 Å². The SMILES string of the molecule is Cc1cc(C)cc(Nc2nccc(C(F)(F)F)n2)c1. The molecule has 2 aromatic rings. The van der Waals surface area contributed by atoms with Gasteiger partial charge in [-0.25, -0.2) is 9.97 Å². The number of alkyl halides is 3. The lowest BCUT2D eigenvalue weighted by atomic mass is 10.1. The molecule has 0 spiro atoms. The second kappa shape index (κ2) is 4.87. The first-order valence-electron chi connectivity index (χ1n) is 5.60. The standard InChI is InChI=1S/C13H12F3N3/c1-8-5-9(2)7-10(6-8)18-12-17-4-3-11(19-12)13(14,15)16/h3-7H,1-2H3,(H,17,18,19). The van der Waals surface area contributed by atoms with Crippen LogP contribution >= 0.6 is 0 Å². The minimum atomic E-state index is -4.47. The van der Waals surface area contributed by atoms with E-state index in [1.807, 2.05) is 32.0 Å². The first-order valence-corrected chi connectivity index (χ1v) is 5.60. The summed E-state index contributed by atoms with van der Waals surface area (Å²) in [6.45, 7) is 3.82. The van der Waals surface area contributed by atoms with Gasteiger partial charge in [-0.15, -0.1) is 0 Å². The van der Waals surface area contributed by atoms with Gasteiger partial charge in [-0.2, -0.15) is 13.2 Å². The number of nitrogens with zero attached hydrogens (tertiary/aromatic N) is 2. The number of hydrogen-bond acceptors (Lipinski definition) is 3. The molecule has 1 N–H and O–H groups in total. The molecule has 1 aromatic heterocycles. The number of aromatic nitrogens is 2. The molecule has 3 nitrogen and oxygen atoms in total. The predicted octanol–water partition coefficient (Wildman–Crippen LogP) is 3.86. The van der Waals surface area contributed by atoms with Crippen LogP contribution < -0.4 is 5.32 Å². The van der Waals surface area contributed by atoms with Gasteiger partial charge in [0, 0.05) is 11.9 Å². The van der Waals surface area contributed by atoms with E-state index in [-0.39, 0.29) is 5.95 Å². The molecule has 0 radical (unpaired) electrons.